The number of halogens is 7. The van der Waals surface area contributed by atoms with Crippen molar-refractivity contribution in [2.24, 2.45) is 0 Å². The molecule has 1 N–H and O–H groups in total. The molecule has 0 fully saturated rings. The lowest BCUT2D eigenvalue weighted by molar-refractivity contribution is -0.274. The van der Waals surface area contributed by atoms with E-state index in [1.807, 2.05) is 0 Å². The van der Waals surface area contributed by atoms with Gasteiger partial charge in [0, 0.05) is 11.6 Å². The van der Waals surface area contributed by atoms with E-state index in [1.165, 1.54) is 12.1 Å². The van der Waals surface area contributed by atoms with Crippen LogP contribution in [0, 0.1) is 11.3 Å². The quantitative estimate of drug-likeness (QED) is 0.507. The number of hydrogen-bond acceptors (Lipinski definition) is 5. The molecule has 6 nitrogen and oxygen atoms in total. The molecule has 2 aromatic carbocycles. The van der Waals surface area contributed by atoms with E-state index >= 15 is 0 Å². The van der Waals surface area contributed by atoms with Crippen molar-refractivity contribution in [3.05, 3.63) is 58.2 Å². The number of ether oxygens (including phenoxy) is 2. The zero-order chi connectivity index (χ0) is 22.8. The fraction of sp³-hybridized carbons (Fsp3) is 0.167. The zero-order valence-corrected chi connectivity index (χ0v) is 15.7. The Morgan fingerprint density at radius 3 is 2.39 bits per heavy atom. The van der Waals surface area contributed by atoms with Crippen LogP contribution in [0.2, 0.25) is 5.02 Å². The highest BCUT2D eigenvalue weighted by Crippen LogP contribution is 2.36. The molecule has 0 aliphatic carbocycles. The highest BCUT2D eigenvalue weighted by Gasteiger charge is 2.33. The van der Waals surface area contributed by atoms with E-state index in [0.29, 0.717) is 0 Å². The van der Waals surface area contributed by atoms with Gasteiger partial charge in [0.25, 0.3) is 0 Å². The van der Waals surface area contributed by atoms with Crippen molar-refractivity contribution >= 4 is 11.6 Å². The third-order valence-electron chi connectivity index (χ3n) is 3.79. The molecule has 1 heterocycles. The topological polar surface area (TPSA) is 83.8 Å². The smallest absolute Gasteiger partial charge is 0.489 e. The largest absolute Gasteiger partial charge is 0.573 e. The van der Waals surface area contributed by atoms with Gasteiger partial charge in [-0.25, -0.2) is 5.10 Å². The number of nitrogens with one attached hydrogen (secondary N) is 1. The van der Waals surface area contributed by atoms with Gasteiger partial charge in [0.05, 0.1) is 10.6 Å². The molecule has 13 heteroatoms. The van der Waals surface area contributed by atoms with Crippen LogP contribution in [0.1, 0.15) is 16.8 Å². The zero-order valence-electron chi connectivity index (χ0n) is 15.0. The second kappa shape index (κ2) is 8.35. The molecule has 0 unspecified atom stereocenters. The predicted octanol–water partition coefficient (Wildman–Crippen LogP) is 5.49. The molecule has 0 aliphatic heterocycles. The maximum atomic E-state index is 13.0. The molecule has 0 spiro atoms. The Balaban J connectivity index is 1.93. The van der Waals surface area contributed by atoms with Crippen LogP contribution in [0.4, 0.5) is 26.3 Å². The molecule has 1 aromatic heterocycles. The summed E-state index contributed by atoms with van der Waals surface area (Å²) in [4.78, 5) is 0. The van der Waals surface area contributed by atoms with E-state index in [4.69, 9.17) is 21.6 Å². The number of aromatic amines is 1. The summed E-state index contributed by atoms with van der Waals surface area (Å²) >= 11 is 5.56. The number of nitriles is 1. The maximum absolute atomic E-state index is 13.0. The molecule has 0 atom stereocenters. The van der Waals surface area contributed by atoms with Gasteiger partial charge in [0.2, 0.25) is 0 Å². The lowest BCUT2D eigenvalue weighted by Crippen LogP contribution is -2.17. The first kappa shape index (κ1) is 22.2. The third kappa shape index (κ3) is 5.58. The van der Waals surface area contributed by atoms with Gasteiger partial charge < -0.3 is 9.47 Å². The first-order chi connectivity index (χ1) is 14.5. The number of alkyl halides is 6. The Hall–Kier alpha value is -3.46. The van der Waals surface area contributed by atoms with Gasteiger partial charge >= 0.3 is 12.5 Å². The molecule has 3 aromatic rings. The summed E-state index contributed by atoms with van der Waals surface area (Å²) in [7, 11) is 0. The van der Waals surface area contributed by atoms with Gasteiger partial charge in [-0.2, -0.15) is 18.4 Å². The molecule has 0 saturated carbocycles. The maximum Gasteiger partial charge on any atom is 0.573 e. The minimum absolute atomic E-state index is 0.00846. The second-order valence-electron chi connectivity index (χ2n) is 5.99. The summed E-state index contributed by atoms with van der Waals surface area (Å²) in [6.45, 7) is -0.418. The SMILES string of the molecule is N#Cc1[nH]nnc1-c1cc(OCc2ccc(Cl)c(C(F)(F)F)c2)cc(OC(F)(F)F)c1. The Morgan fingerprint density at radius 2 is 1.74 bits per heavy atom. The van der Waals surface area contributed by atoms with Crippen molar-refractivity contribution < 1.29 is 35.8 Å². The predicted molar refractivity (Wildman–Crippen MR) is 94.0 cm³/mol. The normalized spacial score (nSPS) is 11.8. The van der Waals surface area contributed by atoms with Crippen molar-refractivity contribution in [2.45, 2.75) is 19.1 Å². The molecular formula is C18H9ClF6N4O2. The van der Waals surface area contributed by atoms with Crippen LogP contribution in [0.3, 0.4) is 0 Å². The minimum atomic E-state index is -5.02. The lowest BCUT2D eigenvalue weighted by Gasteiger charge is -2.14. The van der Waals surface area contributed by atoms with E-state index in [2.05, 4.69) is 20.1 Å². The number of nitrogens with zero attached hydrogens (tertiary/aromatic N) is 3. The summed E-state index contributed by atoms with van der Waals surface area (Å²) in [6, 6.07) is 7.91. The average Bonchev–Trinajstić information content (AvgIpc) is 3.14. The van der Waals surface area contributed by atoms with Gasteiger partial charge in [-0.3, -0.25) is 0 Å². The molecule has 31 heavy (non-hydrogen) atoms. The van der Waals surface area contributed by atoms with Crippen LogP contribution in [-0.2, 0) is 12.8 Å². The minimum Gasteiger partial charge on any atom is -0.489 e. The highest BCUT2D eigenvalue weighted by atomic mass is 35.5. The van der Waals surface area contributed by atoms with Crippen LogP contribution in [0.25, 0.3) is 11.3 Å². The lowest BCUT2D eigenvalue weighted by atomic mass is 10.1. The van der Waals surface area contributed by atoms with E-state index < -0.39 is 35.5 Å². The van der Waals surface area contributed by atoms with Crippen molar-refractivity contribution in [1.29, 1.82) is 5.26 Å². The second-order valence-corrected chi connectivity index (χ2v) is 6.40. The van der Waals surface area contributed by atoms with Crippen molar-refractivity contribution in [3.63, 3.8) is 0 Å². The van der Waals surface area contributed by atoms with Gasteiger partial charge in [0.15, 0.2) is 5.69 Å². The number of benzene rings is 2. The Morgan fingerprint density at radius 1 is 1.03 bits per heavy atom. The molecule has 3 rings (SSSR count). The van der Waals surface area contributed by atoms with Crippen molar-refractivity contribution in [1.82, 2.24) is 15.4 Å². The van der Waals surface area contributed by atoms with E-state index in [9.17, 15) is 26.3 Å². The van der Waals surface area contributed by atoms with Crippen LogP contribution in [-0.4, -0.2) is 21.8 Å². The summed E-state index contributed by atoms with van der Waals surface area (Å²) in [5, 5.41) is 17.9. The first-order valence-electron chi connectivity index (χ1n) is 8.17. The Kier molecular flexibility index (Phi) is 5.99. The molecule has 0 bridgehead atoms. The number of hydrogen-bond donors (Lipinski definition) is 1. The molecule has 0 aliphatic rings. The van der Waals surface area contributed by atoms with Gasteiger partial charge in [-0.15, -0.1) is 18.3 Å². The Bertz CT molecular complexity index is 1140. The summed E-state index contributed by atoms with van der Waals surface area (Å²) in [6.07, 6.45) is -9.71. The molecule has 0 saturated heterocycles. The number of rotatable bonds is 5. The summed E-state index contributed by atoms with van der Waals surface area (Å²) in [5.41, 5.74) is -1.19. The average molecular weight is 463 g/mol. The fourth-order valence-electron chi connectivity index (χ4n) is 2.54. The van der Waals surface area contributed by atoms with Crippen LogP contribution in [0.5, 0.6) is 11.5 Å². The van der Waals surface area contributed by atoms with E-state index in [0.717, 1.165) is 24.3 Å². The highest BCUT2D eigenvalue weighted by molar-refractivity contribution is 6.31. The Labute approximate surface area is 175 Å². The number of H-pyrrole nitrogens is 1. The van der Waals surface area contributed by atoms with E-state index in [1.54, 1.807) is 6.07 Å². The molecule has 0 radical (unpaired) electrons. The molecule has 0 amide bonds. The fourth-order valence-corrected chi connectivity index (χ4v) is 2.76. The van der Waals surface area contributed by atoms with Crippen molar-refractivity contribution in [2.75, 3.05) is 0 Å². The number of aromatic nitrogens is 3. The molecular weight excluding hydrogens is 454 g/mol. The van der Waals surface area contributed by atoms with Crippen LogP contribution < -0.4 is 9.47 Å². The molecule has 162 valence electrons. The van der Waals surface area contributed by atoms with E-state index in [-0.39, 0.29) is 28.3 Å². The first-order valence-corrected chi connectivity index (χ1v) is 8.55. The van der Waals surface area contributed by atoms with Gasteiger partial charge in [0.1, 0.15) is 29.9 Å². The summed E-state index contributed by atoms with van der Waals surface area (Å²) in [5.74, 6) is -0.855. The third-order valence-corrected chi connectivity index (χ3v) is 4.12. The monoisotopic (exact) mass is 462 g/mol. The van der Waals surface area contributed by atoms with Crippen LogP contribution in [0.15, 0.2) is 36.4 Å². The van der Waals surface area contributed by atoms with Gasteiger partial charge in [-0.1, -0.05) is 22.9 Å². The summed E-state index contributed by atoms with van der Waals surface area (Å²) < 4.78 is 86.3. The standard InChI is InChI=1S/C18H9ClF6N4O2/c19-14-2-1-9(3-13(14)17(20,21)22)8-30-11-4-10(16-15(7-26)27-29-28-16)5-12(6-11)31-18(23,24)25/h1-6H,8H2,(H,27,28,29). The van der Waals surface area contributed by atoms with Crippen molar-refractivity contribution in [3.8, 4) is 28.8 Å². The van der Waals surface area contributed by atoms with Crippen LogP contribution >= 0.6 is 11.6 Å². The van der Waals surface area contributed by atoms with Gasteiger partial charge in [-0.05, 0) is 29.8 Å².